The molecular weight excluding hydrogens is 378 g/mol. The SMILES string of the molecule is Cc1[nH]n(C(N)=S)c(=O)c1N=Nc1cccc2c1C(=O)c1ccccc1C2=O. The Hall–Kier alpha value is -3.72. The minimum Gasteiger partial charge on any atom is -0.374 e. The molecule has 0 amide bonds. The molecule has 2 aromatic carbocycles. The van der Waals surface area contributed by atoms with E-state index >= 15 is 0 Å². The van der Waals surface area contributed by atoms with Gasteiger partial charge in [-0.2, -0.15) is 4.68 Å². The third kappa shape index (κ3) is 2.60. The molecule has 0 unspecified atom stereocenters. The molecular formula is C19H13N5O3S. The van der Waals surface area contributed by atoms with Gasteiger partial charge in [0.2, 0.25) is 0 Å². The zero-order valence-corrected chi connectivity index (χ0v) is 15.4. The molecule has 0 saturated carbocycles. The molecule has 3 aromatic rings. The molecule has 0 spiro atoms. The highest BCUT2D eigenvalue weighted by Gasteiger charge is 2.31. The van der Waals surface area contributed by atoms with Gasteiger partial charge in [-0.3, -0.25) is 19.5 Å². The lowest BCUT2D eigenvalue weighted by Gasteiger charge is -2.18. The number of benzene rings is 2. The number of carbonyl (C=O) groups excluding carboxylic acids is 2. The first-order chi connectivity index (χ1) is 13.4. The van der Waals surface area contributed by atoms with Crippen LogP contribution in [0.1, 0.15) is 37.5 Å². The zero-order valence-electron chi connectivity index (χ0n) is 14.6. The zero-order chi connectivity index (χ0) is 20.0. The maximum Gasteiger partial charge on any atom is 0.301 e. The van der Waals surface area contributed by atoms with Gasteiger partial charge in [-0.1, -0.05) is 36.4 Å². The van der Waals surface area contributed by atoms with Crippen LogP contribution in [0, 0.1) is 6.92 Å². The van der Waals surface area contributed by atoms with Gasteiger partial charge in [-0.15, -0.1) is 10.2 Å². The summed E-state index contributed by atoms with van der Waals surface area (Å²) >= 11 is 4.80. The maximum absolute atomic E-state index is 13.0. The fourth-order valence-corrected chi connectivity index (χ4v) is 3.25. The number of azo groups is 1. The highest BCUT2D eigenvalue weighted by molar-refractivity contribution is 7.80. The quantitative estimate of drug-likeness (QED) is 0.402. The minimum absolute atomic E-state index is 0.0142. The summed E-state index contributed by atoms with van der Waals surface area (Å²) < 4.78 is 0.977. The number of fused-ring (bicyclic) bond motifs is 2. The predicted octanol–water partition coefficient (Wildman–Crippen LogP) is 2.77. The number of hydrogen-bond acceptors (Lipinski definition) is 6. The molecule has 8 nitrogen and oxygen atoms in total. The fourth-order valence-electron chi connectivity index (χ4n) is 3.12. The van der Waals surface area contributed by atoms with Crippen LogP contribution in [-0.4, -0.2) is 26.5 Å². The first kappa shape index (κ1) is 17.7. The van der Waals surface area contributed by atoms with Gasteiger partial charge in [0.25, 0.3) is 0 Å². The summed E-state index contributed by atoms with van der Waals surface area (Å²) in [4.78, 5) is 38.0. The van der Waals surface area contributed by atoms with Crippen LogP contribution in [0.2, 0.25) is 0 Å². The molecule has 28 heavy (non-hydrogen) atoms. The number of rotatable bonds is 2. The molecule has 1 aliphatic rings. The topological polar surface area (TPSA) is 123 Å². The summed E-state index contributed by atoms with van der Waals surface area (Å²) in [5.41, 5.74) is 6.66. The van der Waals surface area contributed by atoms with Crippen molar-refractivity contribution in [3.8, 4) is 0 Å². The lowest BCUT2D eigenvalue weighted by molar-refractivity contribution is 0.0979. The molecule has 4 rings (SSSR count). The highest BCUT2D eigenvalue weighted by Crippen LogP contribution is 2.34. The Morgan fingerprint density at radius 1 is 0.964 bits per heavy atom. The van der Waals surface area contributed by atoms with Crippen molar-refractivity contribution >= 4 is 40.3 Å². The molecule has 0 aliphatic heterocycles. The third-order valence-corrected chi connectivity index (χ3v) is 4.63. The molecule has 3 N–H and O–H groups in total. The van der Waals surface area contributed by atoms with Crippen molar-refractivity contribution in [2.45, 2.75) is 6.92 Å². The average Bonchev–Trinajstić information content (AvgIpc) is 2.98. The van der Waals surface area contributed by atoms with E-state index in [1.807, 2.05) is 0 Å². The van der Waals surface area contributed by atoms with E-state index in [1.165, 1.54) is 0 Å². The van der Waals surface area contributed by atoms with Gasteiger partial charge in [0.1, 0.15) is 0 Å². The Kier molecular flexibility index (Phi) is 4.08. The molecule has 9 heteroatoms. The van der Waals surface area contributed by atoms with Gasteiger partial charge in [-0.25, -0.2) is 0 Å². The van der Waals surface area contributed by atoms with E-state index < -0.39 is 5.56 Å². The lowest BCUT2D eigenvalue weighted by Crippen LogP contribution is -2.29. The van der Waals surface area contributed by atoms with Crippen LogP contribution in [0.15, 0.2) is 57.5 Å². The number of nitrogens with two attached hydrogens (primary N) is 1. The Labute approximate surface area is 163 Å². The number of nitrogens with zero attached hydrogens (tertiary/aromatic N) is 3. The standard InChI is InChI=1S/C19H13N5O3S/c1-9-15(18(27)24(23-9)19(20)28)22-21-13-8-4-7-12-14(13)17(26)11-6-3-2-5-10(11)16(12)25/h2-8,23H,1H3,(H2,20,28). The Bertz CT molecular complexity index is 1270. The number of aromatic nitrogens is 2. The smallest absolute Gasteiger partial charge is 0.301 e. The largest absolute Gasteiger partial charge is 0.374 e. The number of thiocarbonyl (C=S) groups is 1. The molecule has 0 fully saturated rings. The number of aromatic amines is 1. The molecule has 0 bridgehead atoms. The fraction of sp³-hybridized carbons (Fsp3) is 0.0526. The average molecular weight is 391 g/mol. The van der Waals surface area contributed by atoms with Gasteiger partial charge in [0.05, 0.1) is 16.9 Å². The molecule has 0 saturated heterocycles. The highest BCUT2D eigenvalue weighted by atomic mass is 32.1. The van der Waals surface area contributed by atoms with Crippen LogP contribution in [-0.2, 0) is 0 Å². The minimum atomic E-state index is -0.550. The van der Waals surface area contributed by atoms with E-state index in [-0.39, 0.29) is 39.2 Å². The molecule has 138 valence electrons. The number of ketones is 2. The first-order valence-electron chi connectivity index (χ1n) is 8.24. The van der Waals surface area contributed by atoms with Crippen LogP contribution in [0.3, 0.4) is 0 Å². The summed E-state index contributed by atoms with van der Waals surface area (Å²) in [7, 11) is 0. The van der Waals surface area contributed by atoms with Crippen molar-refractivity contribution in [1.29, 1.82) is 0 Å². The van der Waals surface area contributed by atoms with Crippen molar-refractivity contribution in [1.82, 2.24) is 9.78 Å². The number of nitrogens with one attached hydrogen (secondary N) is 1. The summed E-state index contributed by atoms with van der Waals surface area (Å²) in [6.45, 7) is 1.62. The van der Waals surface area contributed by atoms with E-state index in [2.05, 4.69) is 15.3 Å². The summed E-state index contributed by atoms with van der Waals surface area (Å²) in [5.74, 6) is -0.568. The van der Waals surface area contributed by atoms with Crippen molar-refractivity contribution in [3.05, 3.63) is 80.8 Å². The number of aryl methyl sites for hydroxylation is 1. The van der Waals surface area contributed by atoms with Gasteiger partial charge in [0.15, 0.2) is 22.4 Å². The van der Waals surface area contributed by atoms with Crippen molar-refractivity contribution < 1.29 is 9.59 Å². The van der Waals surface area contributed by atoms with E-state index in [0.717, 1.165) is 4.68 Å². The second-order valence-corrected chi connectivity index (χ2v) is 6.59. The van der Waals surface area contributed by atoms with E-state index in [0.29, 0.717) is 16.8 Å². The van der Waals surface area contributed by atoms with E-state index in [4.69, 9.17) is 18.0 Å². The molecule has 0 atom stereocenters. The monoisotopic (exact) mass is 391 g/mol. The Morgan fingerprint density at radius 3 is 2.25 bits per heavy atom. The molecule has 0 radical (unpaired) electrons. The second kappa shape index (κ2) is 6.46. The Morgan fingerprint density at radius 2 is 1.61 bits per heavy atom. The molecule has 1 aromatic heterocycles. The van der Waals surface area contributed by atoms with Gasteiger partial charge >= 0.3 is 5.56 Å². The lowest BCUT2D eigenvalue weighted by atomic mass is 9.83. The van der Waals surface area contributed by atoms with Gasteiger partial charge in [-0.05, 0) is 25.2 Å². The summed E-state index contributed by atoms with van der Waals surface area (Å²) in [5, 5.41) is 10.6. The van der Waals surface area contributed by atoms with Crippen LogP contribution >= 0.6 is 12.2 Å². The second-order valence-electron chi connectivity index (χ2n) is 6.17. The summed E-state index contributed by atoms with van der Waals surface area (Å²) in [6, 6.07) is 11.4. The van der Waals surface area contributed by atoms with Crippen molar-refractivity contribution in [2.24, 2.45) is 16.0 Å². The van der Waals surface area contributed by atoms with Gasteiger partial charge in [0, 0.05) is 16.7 Å². The van der Waals surface area contributed by atoms with Gasteiger partial charge < -0.3 is 5.73 Å². The third-order valence-electron chi connectivity index (χ3n) is 4.45. The van der Waals surface area contributed by atoms with Crippen molar-refractivity contribution in [2.75, 3.05) is 0 Å². The first-order valence-corrected chi connectivity index (χ1v) is 8.65. The normalized spacial score (nSPS) is 12.9. The van der Waals surface area contributed by atoms with E-state index in [1.54, 1.807) is 49.4 Å². The van der Waals surface area contributed by atoms with Crippen LogP contribution < -0.4 is 11.3 Å². The van der Waals surface area contributed by atoms with Crippen LogP contribution in [0.25, 0.3) is 0 Å². The van der Waals surface area contributed by atoms with Crippen molar-refractivity contribution in [3.63, 3.8) is 0 Å². The number of H-pyrrole nitrogens is 1. The van der Waals surface area contributed by atoms with Crippen LogP contribution in [0.5, 0.6) is 0 Å². The molecule has 1 heterocycles. The molecule has 1 aliphatic carbocycles. The number of hydrogen-bond donors (Lipinski definition) is 2. The van der Waals surface area contributed by atoms with E-state index in [9.17, 15) is 14.4 Å². The number of carbonyl (C=O) groups is 2. The Balaban J connectivity index is 1.84. The maximum atomic E-state index is 13.0. The predicted molar refractivity (Wildman–Crippen MR) is 106 cm³/mol. The summed E-state index contributed by atoms with van der Waals surface area (Å²) in [6.07, 6.45) is 0. The van der Waals surface area contributed by atoms with Crippen LogP contribution in [0.4, 0.5) is 11.4 Å².